The number of nitrogens with zero attached hydrogens (tertiary/aromatic N) is 1. The Morgan fingerprint density at radius 2 is 1.73 bits per heavy atom. The Morgan fingerprint density at radius 3 is 2.52 bits per heavy atom. The first-order chi connectivity index (χ1) is 16.1. The lowest BCUT2D eigenvalue weighted by atomic mass is 9.85. The van der Waals surface area contributed by atoms with Crippen LogP contribution in [0.5, 0.6) is 5.75 Å². The second-order valence-corrected chi connectivity index (χ2v) is 8.57. The monoisotopic (exact) mass is 458 g/mol. The fraction of sp³-hybridized carbons (Fsp3) is 0.185. The van der Waals surface area contributed by atoms with Gasteiger partial charge >= 0.3 is 0 Å². The number of carbonyl (C=O) groups excluding carboxylic acids is 2. The molecule has 2 aliphatic rings. The van der Waals surface area contributed by atoms with Crippen molar-refractivity contribution in [2.45, 2.75) is 25.3 Å². The van der Waals surface area contributed by atoms with Crippen molar-refractivity contribution in [3.8, 4) is 5.75 Å². The molecule has 0 aromatic heterocycles. The summed E-state index contributed by atoms with van der Waals surface area (Å²) in [5.41, 5.74) is 4.23. The number of hydrogen-bond acceptors (Lipinski definition) is 4. The van der Waals surface area contributed by atoms with Gasteiger partial charge in [-0.2, -0.15) is 0 Å². The molecule has 166 valence electrons. The minimum atomic E-state index is -0.636. The molecule has 3 aromatic rings. The second kappa shape index (κ2) is 8.75. The zero-order valence-electron chi connectivity index (χ0n) is 18.2. The smallest absolute Gasteiger partial charge is 0.259 e. The summed E-state index contributed by atoms with van der Waals surface area (Å²) in [6.45, 7) is 0. The number of Topliss-reactive ketones (excluding diaryl/α,β-unsaturated/α-hetero) is 1. The van der Waals surface area contributed by atoms with Gasteiger partial charge in [0.25, 0.3) is 5.91 Å². The maximum absolute atomic E-state index is 14.1. The molecule has 0 fully saturated rings. The van der Waals surface area contributed by atoms with E-state index < -0.39 is 6.04 Å². The largest absolute Gasteiger partial charge is 0.496 e. The Morgan fingerprint density at radius 1 is 1.00 bits per heavy atom. The van der Waals surface area contributed by atoms with Crippen molar-refractivity contribution >= 4 is 34.7 Å². The molecular formula is C27H23ClN2O3. The van der Waals surface area contributed by atoms with Crippen LogP contribution in [0.25, 0.3) is 0 Å². The quantitative estimate of drug-likeness (QED) is 0.510. The number of amides is 1. The number of carbonyl (C=O) groups is 2. The molecule has 1 heterocycles. The van der Waals surface area contributed by atoms with E-state index in [-0.39, 0.29) is 11.7 Å². The summed E-state index contributed by atoms with van der Waals surface area (Å²) < 4.78 is 5.68. The average molecular weight is 459 g/mol. The lowest BCUT2D eigenvalue weighted by Gasteiger charge is -2.34. The molecule has 1 unspecified atom stereocenters. The van der Waals surface area contributed by atoms with E-state index in [0.29, 0.717) is 34.0 Å². The predicted octanol–water partition coefficient (Wildman–Crippen LogP) is 6.17. The Bertz CT molecular complexity index is 1270. The van der Waals surface area contributed by atoms with Crippen LogP contribution in [0.4, 0.5) is 11.4 Å². The zero-order chi connectivity index (χ0) is 22.9. The number of halogens is 1. The third-order valence-corrected chi connectivity index (χ3v) is 6.43. The lowest BCUT2D eigenvalue weighted by molar-refractivity contribution is -0.116. The van der Waals surface area contributed by atoms with Gasteiger partial charge in [0.2, 0.25) is 0 Å². The number of methoxy groups -OCH3 is 1. The molecule has 5 nitrogen and oxygen atoms in total. The number of para-hydroxylation sites is 3. The SMILES string of the molecule is COc1ccccc1C1C2=C(CCCC2=O)Nc2ccccc2N1C(=O)c1ccc(Cl)cc1. The first-order valence-electron chi connectivity index (χ1n) is 10.9. The molecule has 0 saturated carbocycles. The molecular weight excluding hydrogens is 436 g/mol. The van der Waals surface area contributed by atoms with Crippen LogP contribution in [0.3, 0.4) is 0 Å². The Labute approximate surface area is 197 Å². The summed E-state index contributed by atoms with van der Waals surface area (Å²) in [5.74, 6) is 0.450. The van der Waals surface area contributed by atoms with Gasteiger partial charge in [0.15, 0.2) is 5.78 Å². The van der Waals surface area contributed by atoms with Crippen molar-refractivity contribution in [1.82, 2.24) is 0 Å². The molecule has 1 N–H and O–H groups in total. The molecule has 0 radical (unpaired) electrons. The summed E-state index contributed by atoms with van der Waals surface area (Å²) in [7, 11) is 1.60. The predicted molar refractivity (Wildman–Crippen MR) is 130 cm³/mol. The summed E-state index contributed by atoms with van der Waals surface area (Å²) in [5, 5.41) is 4.03. The zero-order valence-corrected chi connectivity index (χ0v) is 18.9. The number of allylic oxidation sites excluding steroid dienone is 1. The van der Waals surface area contributed by atoms with Gasteiger partial charge in [-0.3, -0.25) is 14.5 Å². The molecule has 1 atom stereocenters. The number of ketones is 1. The average Bonchev–Trinajstić information content (AvgIpc) is 2.99. The number of ether oxygens (including phenoxy) is 1. The van der Waals surface area contributed by atoms with Crippen LogP contribution in [0.1, 0.15) is 41.2 Å². The van der Waals surface area contributed by atoms with Crippen molar-refractivity contribution < 1.29 is 14.3 Å². The highest BCUT2D eigenvalue weighted by Crippen LogP contribution is 2.47. The first kappa shape index (κ1) is 21.3. The maximum Gasteiger partial charge on any atom is 0.259 e. The fourth-order valence-electron chi connectivity index (χ4n) is 4.68. The number of hydrogen-bond donors (Lipinski definition) is 1. The van der Waals surface area contributed by atoms with Crippen LogP contribution in [-0.4, -0.2) is 18.8 Å². The highest BCUT2D eigenvalue weighted by molar-refractivity contribution is 6.30. The highest BCUT2D eigenvalue weighted by Gasteiger charge is 2.40. The lowest BCUT2D eigenvalue weighted by Crippen LogP contribution is -2.38. The van der Waals surface area contributed by atoms with Gasteiger partial charge < -0.3 is 10.1 Å². The van der Waals surface area contributed by atoms with E-state index in [4.69, 9.17) is 16.3 Å². The molecule has 1 aliphatic heterocycles. The second-order valence-electron chi connectivity index (χ2n) is 8.14. The van der Waals surface area contributed by atoms with Crippen molar-refractivity contribution in [1.29, 1.82) is 0 Å². The van der Waals surface area contributed by atoms with Crippen LogP contribution in [0, 0.1) is 0 Å². The van der Waals surface area contributed by atoms with E-state index in [1.807, 2.05) is 48.5 Å². The van der Waals surface area contributed by atoms with Crippen LogP contribution in [0.2, 0.25) is 5.02 Å². The number of fused-ring (bicyclic) bond motifs is 1. The van der Waals surface area contributed by atoms with Gasteiger partial charge in [0.1, 0.15) is 5.75 Å². The first-order valence-corrected chi connectivity index (χ1v) is 11.3. The van der Waals surface area contributed by atoms with Crippen LogP contribution < -0.4 is 15.0 Å². The minimum Gasteiger partial charge on any atom is -0.496 e. The van der Waals surface area contributed by atoms with E-state index in [2.05, 4.69) is 5.32 Å². The minimum absolute atomic E-state index is 0.0429. The van der Waals surface area contributed by atoms with Gasteiger partial charge in [-0.25, -0.2) is 0 Å². The van der Waals surface area contributed by atoms with Gasteiger partial charge in [0.05, 0.1) is 24.5 Å². The number of nitrogens with one attached hydrogen (secondary N) is 1. The third-order valence-electron chi connectivity index (χ3n) is 6.18. The highest BCUT2D eigenvalue weighted by atomic mass is 35.5. The maximum atomic E-state index is 14.1. The Hall–Kier alpha value is -3.57. The molecule has 6 heteroatoms. The molecule has 0 spiro atoms. The molecule has 5 rings (SSSR count). The molecule has 3 aromatic carbocycles. The van der Waals surface area contributed by atoms with E-state index in [1.165, 1.54) is 0 Å². The van der Waals surface area contributed by atoms with Crippen molar-refractivity contribution in [3.05, 3.63) is 100 Å². The Balaban J connectivity index is 1.80. The van der Waals surface area contributed by atoms with E-state index in [9.17, 15) is 9.59 Å². The van der Waals surface area contributed by atoms with Crippen LogP contribution >= 0.6 is 11.6 Å². The molecule has 0 saturated heterocycles. The van der Waals surface area contributed by atoms with Crippen LogP contribution in [0.15, 0.2) is 84.1 Å². The van der Waals surface area contributed by atoms with Gasteiger partial charge in [-0.15, -0.1) is 0 Å². The molecule has 33 heavy (non-hydrogen) atoms. The number of benzene rings is 3. The molecule has 0 bridgehead atoms. The normalized spacial score (nSPS) is 17.6. The summed E-state index contributed by atoms with van der Waals surface area (Å²) >= 11 is 6.08. The van der Waals surface area contributed by atoms with E-state index in [0.717, 1.165) is 29.8 Å². The van der Waals surface area contributed by atoms with Crippen molar-refractivity contribution in [2.24, 2.45) is 0 Å². The standard InChI is InChI=1S/C27H23ClN2O3/c1-33-24-12-5-2-7-19(24)26-25-21(9-6-11-23(25)31)29-20-8-3-4-10-22(20)30(26)27(32)17-13-15-18(28)16-14-17/h2-5,7-8,10,12-16,26,29H,6,9,11H2,1H3. The molecule has 1 amide bonds. The van der Waals surface area contributed by atoms with Crippen molar-refractivity contribution in [2.75, 3.05) is 17.3 Å². The van der Waals surface area contributed by atoms with Gasteiger partial charge in [0, 0.05) is 33.8 Å². The summed E-state index contributed by atoms with van der Waals surface area (Å²) in [4.78, 5) is 29.2. The molecule has 1 aliphatic carbocycles. The Kier molecular flexibility index (Phi) is 5.65. The number of rotatable bonds is 3. The summed E-state index contributed by atoms with van der Waals surface area (Å²) in [6.07, 6.45) is 1.96. The summed E-state index contributed by atoms with van der Waals surface area (Å²) in [6, 6.07) is 21.4. The van der Waals surface area contributed by atoms with E-state index in [1.54, 1.807) is 36.3 Å². The van der Waals surface area contributed by atoms with Crippen molar-refractivity contribution in [3.63, 3.8) is 0 Å². The van der Waals surface area contributed by atoms with Gasteiger partial charge in [-0.05, 0) is 55.3 Å². The van der Waals surface area contributed by atoms with Gasteiger partial charge in [-0.1, -0.05) is 41.9 Å². The fourth-order valence-corrected chi connectivity index (χ4v) is 4.80. The van der Waals surface area contributed by atoms with E-state index >= 15 is 0 Å². The topological polar surface area (TPSA) is 58.6 Å². The third kappa shape index (κ3) is 3.79. The number of anilines is 2. The van der Waals surface area contributed by atoms with Crippen LogP contribution in [-0.2, 0) is 4.79 Å².